The van der Waals surface area contributed by atoms with Gasteiger partial charge in [0.15, 0.2) is 0 Å². The molecular formula is C16H23NO2. The number of ether oxygens (including phenoxy) is 1. The number of nitriles is 1. The van der Waals surface area contributed by atoms with Gasteiger partial charge in [0, 0.05) is 5.56 Å². The summed E-state index contributed by atoms with van der Waals surface area (Å²) >= 11 is 0. The van der Waals surface area contributed by atoms with Gasteiger partial charge >= 0.3 is 0 Å². The van der Waals surface area contributed by atoms with Gasteiger partial charge < -0.3 is 9.84 Å². The summed E-state index contributed by atoms with van der Waals surface area (Å²) in [4.78, 5) is 0. The fourth-order valence-corrected chi connectivity index (χ4v) is 1.86. The Morgan fingerprint density at radius 2 is 2.00 bits per heavy atom. The lowest BCUT2D eigenvalue weighted by Crippen LogP contribution is -2.08. The Morgan fingerprint density at radius 1 is 1.32 bits per heavy atom. The van der Waals surface area contributed by atoms with Crippen molar-refractivity contribution in [3.63, 3.8) is 0 Å². The third-order valence-electron chi connectivity index (χ3n) is 3.13. The summed E-state index contributed by atoms with van der Waals surface area (Å²) in [6.45, 7) is 6.26. The molecule has 0 saturated heterocycles. The van der Waals surface area contributed by atoms with E-state index < -0.39 is 6.10 Å². The van der Waals surface area contributed by atoms with Crippen molar-refractivity contribution < 1.29 is 9.84 Å². The van der Waals surface area contributed by atoms with Crippen molar-refractivity contribution in [1.82, 2.24) is 0 Å². The van der Waals surface area contributed by atoms with Gasteiger partial charge in [0.25, 0.3) is 0 Å². The molecule has 3 nitrogen and oxygen atoms in total. The molecule has 0 saturated carbocycles. The molecule has 0 aliphatic rings. The van der Waals surface area contributed by atoms with E-state index in [2.05, 4.69) is 6.07 Å². The van der Waals surface area contributed by atoms with E-state index in [4.69, 9.17) is 10.00 Å². The van der Waals surface area contributed by atoms with Crippen LogP contribution in [-0.2, 0) is 0 Å². The van der Waals surface area contributed by atoms with E-state index in [0.717, 1.165) is 30.6 Å². The molecule has 1 atom stereocenters. The van der Waals surface area contributed by atoms with Crippen LogP contribution in [-0.4, -0.2) is 11.7 Å². The summed E-state index contributed by atoms with van der Waals surface area (Å²) in [5.74, 6) is 0.747. The molecule has 3 heteroatoms. The maximum Gasteiger partial charge on any atom is 0.125 e. The van der Waals surface area contributed by atoms with Gasteiger partial charge in [0.05, 0.1) is 24.2 Å². The van der Waals surface area contributed by atoms with Gasteiger partial charge in [0.2, 0.25) is 0 Å². The molecule has 0 spiro atoms. The van der Waals surface area contributed by atoms with Gasteiger partial charge in [-0.2, -0.15) is 5.26 Å². The van der Waals surface area contributed by atoms with E-state index in [0.29, 0.717) is 6.61 Å². The molecule has 19 heavy (non-hydrogen) atoms. The van der Waals surface area contributed by atoms with Gasteiger partial charge in [-0.05, 0) is 46.1 Å². The summed E-state index contributed by atoms with van der Waals surface area (Å²) in [6, 6.07) is 9.85. The van der Waals surface area contributed by atoms with Crippen LogP contribution in [0.4, 0.5) is 0 Å². The largest absolute Gasteiger partial charge is 0.493 e. The van der Waals surface area contributed by atoms with Crippen LogP contribution in [0, 0.1) is 16.7 Å². The molecule has 1 rings (SSSR count). The lowest BCUT2D eigenvalue weighted by molar-refractivity contribution is 0.190. The van der Waals surface area contributed by atoms with E-state index in [1.165, 1.54) is 0 Å². The summed E-state index contributed by atoms with van der Waals surface area (Å²) in [7, 11) is 0. The van der Waals surface area contributed by atoms with Crippen LogP contribution in [0.15, 0.2) is 24.3 Å². The fourth-order valence-electron chi connectivity index (χ4n) is 1.86. The highest BCUT2D eigenvalue weighted by atomic mass is 16.5. The summed E-state index contributed by atoms with van der Waals surface area (Å²) < 4.78 is 5.70. The molecule has 0 aromatic heterocycles. The lowest BCUT2D eigenvalue weighted by atomic mass is 9.89. The van der Waals surface area contributed by atoms with Crippen molar-refractivity contribution in [2.75, 3.05) is 6.61 Å². The molecule has 1 aromatic carbocycles. The molecule has 104 valence electrons. The van der Waals surface area contributed by atoms with Crippen LogP contribution in [0.2, 0.25) is 0 Å². The third-order valence-corrected chi connectivity index (χ3v) is 3.13. The predicted molar refractivity (Wildman–Crippen MR) is 75.8 cm³/mol. The van der Waals surface area contributed by atoms with Crippen LogP contribution in [0.5, 0.6) is 5.75 Å². The molecule has 1 N–H and O–H groups in total. The summed E-state index contributed by atoms with van der Waals surface area (Å²) in [5, 5.41) is 18.5. The molecule has 0 fully saturated rings. The van der Waals surface area contributed by atoms with Crippen LogP contribution < -0.4 is 4.74 Å². The molecule has 0 aliphatic heterocycles. The Bertz CT molecular complexity index is 433. The number of hydrogen-bond donors (Lipinski definition) is 1. The first-order valence-electron chi connectivity index (χ1n) is 6.77. The highest BCUT2D eigenvalue weighted by Gasteiger charge is 2.15. The molecular weight excluding hydrogens is 238 g/mol. The maximum atomic E-state index is 9.63. The minimum Gasteiger partial charge on any atom is -0.493 e. The second-order valence-electron chi connectivity index (χ2n) is 5.52. The number of aliphatic hydroxyl groups excluding tert-OH is 1. The summed E-state index contributed by atoms with van der Waals surface area (Å²) in [5.41, 5.74) is 0.567. The smallest absolute Gasteiger partial charge is 0.125 e. The normalized spacial score (nSPS) is 12.8. The molecule has 0 radical (unpaired) electrons. The number of rotatable bonds is 7. The number of nitrogens with zero attached hydrogens (tertiary/aromatic N) is 1. The van der Waals surface area contributed by atoms with Crippen LogP contribution in [0.25, 0.3) is 0 Å². The molecule has 0 bridgehead atoms. The zero-order chi connectivity index (χ0) is 14.3. The van der Waals surface area contributed by atoms with Crippen molar-refractivity contribution in [3.8, 4) is 11.8 Å². The number of para-hydroxylation sites is 1. The SMILES string of the molecule is C[C@H](O)c1ccccc1OCCCCC(C)(C)C#N. The van der Waals surface area contributed by atoms with E-state index in [-0.39, 0.29) is 5.41 Å². The first-order chi connectivity index (χ1) is 8.96. The van der Waals surface area contributed by atoms with E-state index in [1.54, 1.807) is 6.92 Å². The number of unbranched alkanes of at least 4 members (excludes halogenated alkanes) is 1. The van der Waals surface area contributed by atoms with Crippen molar-refractivity contribution in [2.45, 2.75) is 46.1 Å². The number of benzene rings is 1. The standard InChI is InChI=1S/C16H23NO2/c1-13(18)14-8-4-5-9-15(14)19-11-7-6-10-16(2,3)12-17/h4-5,8-9,13,18H,6-7,10-11H2,1-3H3/t13-/m0/s1. The van der Waals surface area contributed by atoms with Crippen LogP contribution in [0.1, 0.15) is 51.7 Å². The van der Waals surface area contributed by atoms with Gasteiger partial charge in [0.1, 0.15) is 5.75 Å². The van der Waals surface area contributed by atoms with Crippen LogP contribution >= 0.6 is 0 Å². The molecule has 1 aromatic rings. The quantitative estimate of drug-likeness (QED) is 0.759. The lowest BCUT2D eigenvalue weighted by Gasteiger charge is -2.15. The van der Waals surface area contributed by atoms with E-state index >= 15 is 0 Å². The average Bonchev–Trinajstić information content (AvgIpc) is 2.38. The zero-order valence-corrected chi connectivity index (χ0v) is 12.0. The minimum absolute atomic E-state index is 0.252. The highest BCUT2D eigenvalue weighted by Crippen LogP contribution is 2.25. The highest BCUT2D eigenvalue weighted by molar-refractivity contribution is 5.34. The first kappa shape index (κ1) is 15.5. The Balaban J connectivity index is 2.37. The van der Waals surface area contributed by atoms with Crippen molar-refractivity contribution in [1.29, 1.82) is 5.26 Å². The van der Waals surface area contributed by atoms with Crippen molar-refractivity contribution >= 4 is 0 Å². The van der Waals surface area contributed by atoms with E-state index in [1.807, 2.05) is 38.1 Å². The Kier molecular flexibility index (Phi) is 5.85. The third kappa shape index (κ3) is 5.32. The maximum absolute atomic E-state index is 9.63. The predicted octanol–water partition coefficient (Wildman–Crippen LogP) is 3.84. The Labute approximate surface area is 115 Å². The first-order valence-corrected chi connectivity index (χ1v) is 6.77. The molecule has 0 unspecified atom stereocenters. The Hall–Kier alpha value is -1.53. The van der Waals surface area contributed by atoms with Gasteiger partial charge in [-0.15, -0.1) is 0 Å². The molecule has 0 heterocycles. The topological polar surface area (TPSA) is 53.2 Å². The van der Waals surface area contributed by atoms with Gasteiger partial charge in [-0.3, -0.25) is 0 Å². The second kappa shape index (κ2) is 7.16. The zero-order valence-electron chi connectivity index (χ0n) is 12.0. The van der Waals surface area contributed by atoms with Crippen molar-refractivity contribution in [3.05, 3.63) is 29.8 Å². The van der Waals surface area contributed by atoms with Crippen LogP contribution in [0.3, 0.4) is 0 Å². The number of aliphatic hydroxyl groups is 1. The van der Waals surface area contributed by atoms with Crippen molar-refractivity contribution in [2.24, 2.45) is 5.41 Å². The summed E-state index contributed by atoms with van der Waals surface area (Å²) in [6.07, 6.45) is 2.25. The Morgan fingerprint density at radius 3 is 2.63 bits per heavy atom. The fraction of sp³-hybridized carbons (Fsp3) is 0.562. The van der Waals surface area contributed by atoms with Gasteiger partial charge in [-0.1, -0.05) is 18.2 Å². The molecule has 0 aliphatic carbocycles. The average molecular weight is 261 g/mol. The van der Waals surface area contributed by atoms with E-state index in [9.17, 15) is 5.11 Å². The minimum atomic E-state index is -0.520. The second-order valence-corrected chi connectivity index (χ2v) is 5.52. The van der Waals surface area contributed by atoms with Gasteiger partial charge in [-0.25, -0.2) is 0 Å². The number of hydrogen-bond acceptors (Lipinski definition) is 3. The molecule has 0 amide bonds. The monoisotopic (exact) mass is 261 g/mol.